The van der Waals surface area contributed by atoms with Crippen molar-refractivity contribution in [3.05, 3.63) is 36.9 Å². The molecular formula is C15H18N2O3. The fourth-order valence-corrected chi connectivity index (χ4v) is 1.94. The Balaban J connectivity index is 2.00. The quantitative estimate of drug-likeness (QED) is 0.613. The molecule has 1 aromatic carbocycles. The van der Waals surface area contributed by atoms with E-state index < -0.39 is 5.41 Å². The second-order valence-corrected chi connectivity index (χ2v) is 4.76. The number of benzene rings is 1. The molecule has 0 atom stereocenters. The third-order valence-corrected chi connectivity index (χ3v) is 3.37. The van der Waals surface area contributed by atoms with Gasteiger partial charge in [-0.3, -0.25) is 9.59 Å². The third-order valence-electron chi connectivity index (χ3n) is 3.37. The number of amides is 2. The average Bonchev–Trinajstić information content (AvgIpc) is 3.27. The van der Waals surface area contributed by atoms with Crippen LogP contribution < -0.4 is 15.4 Å². The molecule has 1 fully saturated rings. The Morgan fingerprint density at radius 2 is 1.95 bits per heavy atom. The molecule has 106 valence electrons. The van der Waals surface area contributed by atoms with Crippen molar-refractivity contribution in [2.24, 2.45) is 5.41 Å². The van der Waals surface area contributed by atoms with Crippen LogP contribution in [-0.2, 0) is 9.59 Å². The highest BCUT2D eigenvalue weighted by atomic mass is 16.5. The van der Waals surface area contributed by atoms with Gasteiger partial charge in [0.15, 0.2) is 0 Å². The van der Waals surface area contributed by atoms with Crippen LogP contribution in [-0.4, -0.2) is 25.5 Å². The zero-order valence-corrected chi connectivity index (χ0v) is 11.4. The van der Waals surface area contributed by atoms with E-state index in [0.29, 0.717) is 30.8 Å². The maximum Gasteiger partial charge on any atom is 0.240 e. The predicted octanol–water partition coefficient (Wildman–Crippen LogP) is 1.72. The lowest BCUT2D eigenvalue weighted by molar-refractivity contribution is -0.134. The number of methoxy groups -OCH3 is 1. The Kier molecular flexibility index (Phi) is 4.08. The van der Waals surface area contributed by atoms with Crippen LogP contribution >= 0.6 is 0 Å². The Morgan fingerprint density at radius 1 is 1.30 bits per heavy atom. The van der Waals surface area contributed by atoms with E-state index in [-0.39, 0.29) is 11.8 Å². The van der Waals surface area contributed by atoms with Crippen LogP contribution in [0.4, 0.5) is 5.69 Å². The minimum atomic E-state index is -0.914. The van der Waals surface area contributed by atoms with E-state index >= 15 is 0 Å². The van der Waals surface area contributed by atoms with E-state index in [1.54, 1.807) is 37.5 Å². The second-order valence-electron chi connectivity index (χ2n) is 4.76. The summed E-state index contributed by atoms with van der Waals surface area (Å²) >= 11 is 0. The second kappa shape index (κ2) is 5.77. The molecule has 0 unspecified atom stereocenters. The number of hydrogen-bond donors (Lipinski definition) is 2. The highest BCUT2D eigenvalue weighted by molar-refractivity contribution is 6.13. The predicted molar refractivity (Wildman–Crippen MR) is 76.5 cm³/mol. The molecule has 0 spiro atoms. The summed E-state index contributed by atoms with van der Waals surface area (Å²) in [6.45, 7) is 3.91. The van der Waals surface area contributed by atoms with Gasteiger partial charge in [-0.1, -0.05) is 6.08 Å². The summed E-state index contributed by atoms with van der Waals surface area (Å²) in [5, 5.41) is 5.45. The molecule has 1 aromatic rings. The standard InChI is InChI=1S/C15H18N2O3/c1-3-10-16-13(18)15(8-9-15)14(19)17-11-4-6-12(20-2)7-5-11/h3-7H,1,8-10H2,2H3,(H,16,18)(H,17,19). The summed E-state index contributed by atoms with van der Waals surface area (Å²) in [4.78, 5) is 24.2. The molecular weight excluding hydrogens is 256 g/mol. The van der Waals surface area contributed by atoms with Gasteiger partial charge in [0.2, 0.25) is 11.8 Å². The van der Waals surface area contributed by atoms with Crippen molar-refractivity contribution in [2.75, 3.05) is 19.0 Å². The summed E-state index contributed by atoms with van der Waals surface area (Å²) in [5.74, 6) is 0.223. The van der Waals surface area contributed by atoms with Gasteiger partial charge in [-0.05, 0) is 37.1 Å². The number of anilines is 1. The number of carbonyl (C=O) groups is 2. The minimum Gasteiger partial charge on any atom is -0.497 e. The van der Waals surface area contributed by atoms with Crippen LogP contribution in [0.2, 0.25) is 0 Å². The number of rotatable bonds is 6. The molecule has 2 amide bonds. The fraction of sp³-hybridized carbons (Fsp3) is 0.333. The van der Waals surface area contributed by atoms with Crippen LogP contribution in [0.25, 0.3) is 0 Å². The molecule has 0 heterocycles. The van der Waals surface area contributed by atoms with E-state index in [1.807, 2.05) is 0 Å². The van der Waals surface area contributed by atoms with Crippen LogP contribution in [0.15, 0.2) is 36.9 Å². The Morgan fingerprint density at radius 3 is 2.45 bits per heavy atom. The van der Waals surface area contributed by atoms with Crippen molar-refractivity contribution < 1.29 is 14.3 Å². The summed E-state index contributed by atoms with van der Waals surface area (Å²) < 4.78 is 5.05. The first kappa shape index (κ1) is 14.1. The van der Waals surface area contributed by atoms with Gasteiger partial charge in [0.1, 0.15) is 11.2 Å². The van der Waals surface area contributed by atoms with Crippen LogP contribution in [0.1, 0.15) is 12.8 Å². The first-order chi connectivity index (χ1) is 9.62. The molecule has 5 heteroatoms. The molecule has 20 heavy (non-hydrogen) atoms. The lowest BCUT2D eigenvalue weighted by Gasteiger charge is -2.15. The number of carbonyl (C=O) groups excluding carboxylic acids is 2. The zero-order chi connectivity index (χ0) is 14.6. The number of ether oxygens (including phenoxy) is 1. The zero-order valence-electron chi connectivity index (χ0n) is 11.4. The molecule has 1 saturated carbocycles. The fourth-order valence-electron chi connectivity index (χ4n) is 1.94. The Labute approximate surface area is 118 Å². The van der Waals surface area contributed by atoms with Crippen LogP contribution in [0.3, 0.4) is 0 Å². The molecule has 0 saturated heterocycles. The topological polar surface area (TPSA) is 67.4 Å². The van der Waals surface area contributed by atoms with E-state index in [1.165, 1.54) is 0 Å². The lowest BCUT2D eigenvalue weighted by atomic mass is 10.1. The Bertz CT molecular complexity index is 518. The van der Waals surface area contributed by atoms with Gasteiger partial charge in [0, 0.05) is 12.2 Å². The molecule has 5 nitrogen and oxygen atoms in total. The largest absolute Gasteiger partial charge is 0.497 e. The summed E-state index contributed by atoms with van der Waals surface area (Å²) in [7, 11) is 1.58. The van der Waals surface area contributed by atoms with Crippen molar-refractivity contribution in [1.82, 2.24) is 5.32 Å². The van der Waals surface area contributed by atoms with Gasteiger partial charge < -0.3 is 15.4 Å². The third kappa shape index (κ3) is 2.82. The summed E-state index contributed by atoms with van der Waals surface area (Å²) in [6.07, 6.45) is 2.76. The Hall–Kier alpha value is -2.30. The maximum atomic E-state index is 12.2. The van der Waals surface area contributed by atoms with Crippen molar-refractivity contribution in [3.8, 4) is 5.75 Å². The van der Waals surface area contributed by atoms with Gasteiger partial charge in [0.05, 0.1) is 7.11 Å². The van der Waals surface area contributed by atoms with Crippen molar-refractivity contribution in [2.45, 2.75) is 12.8 Å². The van der Waals surface area contributed by atoms with Gasteiger partial charge in [-0.15, -0.1) is 6.58 Å². The monoisotopic (exact) mass is 274 g/mol. The molecule has 1 aliphatic rings. The van der Waals surface area contributed by atoms with Gasteiger partial charge >= 0.3 is 0 Å². The molecule has 1 aliphatic carbocycles. The molecule has 0 aromatic heterocycles. The van der Waals surface area contributed by atoms with Crippen LogP contribution in [0.5, 0.6) is 5.75 Å². The number of hydrogen-bond acceptors (Lipinski definition) is 3. The van der Waals surface area contributed by atoms with E-state index in [0.717, 1.165) is 0 Å². The highest BCUT2D eigenvalue weighted by Gasteiger charge is 2.56. The highest BCUT2D eigenvalue weighted by Crippen LogP contribution is 2.46. The van der Waals surface area contributed by atoms with E-state index in [4.69, 9.17) is 4.74 Å². The van der Waals surface area contributed by atoms with Gasteiger partial charge in [-0.25, -0.2) is 0 Å². The molecule has 2 N–H and O–H groups in total. The lowest BCUT2D eigenvalue weighted by Crippen LogP contribution is -2.40. The number of nitrogens with one attached hydrogen (secondary N) is 2. The van der Waals surface area contributed by atoms with E-state index in [2.05, 4.69) is 17.2 Å². The summed E-state index contributed by atoms with van der Waals surface area (Å²) in [5.41, 5.74) is -0.262. The van der Waals surface area contributed by atoms with E-state index in [9.17, 15) is 9.59 Å². The van der Waals surface area contributed by atoms with Crippen molar-refractivity contribution >= 4 is 17.5 Å². The first-order valence-corrected chi connectivity index (χ1v) is 6.47. The average molecular weight is 274 g/mol. The molecule has 0 radical (unpaired) electrons. The van der Waals surface area contributed by atoms with Crippen molar-refractivity contribution in [3.63, 3.8) is 0 Å². The normalized spacial score (nSPS) is 15.1. The van der Waals surface area contributed by atoms with Gasteiger partial charge in [-0.2, -0.15) is 0 Å². The SMILES string of the molecule is C=CCNC(=O)C1(C(=O)Nc2ccc(OC)cc2)CC1. The molecule has 0 aliphatic heterocycles. The minimum absolute atomic E-state index is 0.233. The molecule has 2 rings (SSSR count). The smallest absolute Gasteiger partial charge is 0.240 e. The molecule has 0 bridgehead atoms. The summed E-state index contributed by atoms with van der Waals surface area (Å²) in [6, 6.07) is 7.00. The van der Waals surface area contributed by atoms with Crippen LogP contribution in [0, 0.1) is 5.41 Å². The van der Waals surface area contributed by atoms with Gasteiger partial charge in [0.25, 0.3) is 0 Å². The first-order valence-electron chi connectivity index (χ1n) is 6.47. The maximum absolute atomic E-state index is 12.2. The van der Waals surface area contributed by atoms with Crippen molar-refractivity contribution in [1.29, 1.82) is 0 Å².